The molecule has 0 aliphatic heterocycles. The van der Waals surface area contributed by atoms with Gasteiger partial charge >= 0.3 is 12.1 Å². The Labute approximate surface area is 151 Å². The summed E-state index contributed by atoms with van der Waals surface area (Å²) in [7, 11) is 0. The van der Waals surface area contributed by atoms with Gasteiger partial charge in [-0.15, -0.1) is 0 Å². The molecule has 1 atom stereocenters. The zero-order valence-corrected chi connectivity index (χ0v) is 14.7. The van der Waals surface area contributed by atoms with Crippen LogP contribution in [-0.4, -0.2) is 49.6 Å². The van der Waals surface area contributed by atoms with Gasteiger partial charge in [0.2, 0.25) is 11.8 Å². The van der Waals surface area contributed by atoms with E-state index in [4.69, 9.17) is 4.74 Å². The average Bonchev–Trinajstić information content (AvgIpc) is 2.63. The molecule has 0 aliphatic rings. The molecule has 1 aromatic rings. The molecule has 0 heterocycles. The van der Waals surface area contributed by atoms with Crippen LogP contribution in [0.1, 0.15) is 19.4 Å². The van der Waals surface area contributed by atoms with Crippen molar-refractivity contribution < 1.29 is 28.7 Å². The lowest BCUT2D eigenvalue weighted by molar-refractivity contribution is -0.143. The second-order valence-corrected chi connectivity index (χ2v) is 5.23. The van der Waals surface area contributed by atoms with Crippen LogP contribution in [0.5, 0.6) is 0 Å². The Bertz CT molecular complexity index is 620. The van der Waals surface area contributed by atoms with Gasteiger partial charge in [0.05, 0.1) is 13.2 Å². The number of alkyl carbamates (subject to hydrolysis) is 1. The fourth-order valence-electron chi connectivity index (χ4n) is 1.77. The maximum absolute atomic E-state index is 11.8. The first-order chi connectivity index (χ1) is 12.4. The van der Waals surface area contributed by atoms with Crippen LogP contribution in [0.4, 0.5) is 4.79 Å². The number of benzene rings is 1. The van der Waals surface area contributed by atoms with Gasteiger partial charge in [-0.05, 0) is 19.4 Å². The highest BCUT2D eigenvalue weighted by atomic mass is 16.5. The van der Waals surface area contributed by atoms with Gasteiger partial charge in [-0.1, -0.05) is 30.3 Å². The van der Waals surface area contributed by atoms with Crippen LogP contribution in [0.25, 0.3) is 0 Å². The van der Waals surface area contributed by atoms with Crippen LogP contribution in [0.3, 0.4) is 0 Å². The monoisotopic (exact) mass is 365 g/mol. The van der Waals surface area contributed by atoms with Crippen LogP contribution >= 0.6 is 0 Å². The van der Waals surface area contributed by atoms with Crippen molar-refractivity contribution >= 4 is 23.9 Å². The molecule has 0 radical (unpaired) electrons. The first-order valence-corrected chi connectivity index (χ1v) is 8.09. The summed E-state index contributed by atoms with van der Waals surface area (Å²) in [6.07, 6.45) is -0.747. The zero-order valence-electron chi connectivity index (χ0n) is 14.7. The van der Waals surface area contributed by atoms with Crippen molar-refractivity contribution in [3.8, 4) is 0 Å². The molecule has 0 saturated carbocycles. The Kier molecular flexibility index (Phi) is 9.23. The Balaban J connectivity index is 2.23. The Morgan fingerprint density at radius 2 is 1.69 bits per heavy atom. The number of nitrogens with one attached hydrogen (secondary N) is 3. The molecule has 26 heavy (non-hydrogen) atoms. The normalized spacial score (nSPS) is 11.0. The molecule has 1 aromatic carbocycles. The fourth-order valence-corrected chi connectivity index (χ4v) is 1.77. The molecular weight excluding hydrogens is 342 g/mol. The molecule has 1 rings (SSSR count). The predicted molar refractivity (Wildman–Crippen MR) is 91.9 cm³/mol. The molecule has 0 fully saturated rings. The Morgan fingerprint density at radius 1 is 1.00 bits per heavy atom. The van der Waals surface area contributed by atoms with Gasteiger partial charge in [0, 0.05) is 0 Å². The summed E-state index contributed by atoms with van der Waals surface area (Å²) < 4.78 is 9.65. The van der Waals surface area contributed by atoms with E-state index in [1.165, 1.54) is 6.92 Å². The van der Waals surface area contributed by atoms with E-state index in [-0.39, 0.29) is 26.3 Å². The highest BCUT2D eigenvalue weighted by molar-refractivity contribution is 5.90. The smallest absolute Gasteiger partial charge is 0.408 e. The van der Waals surface area contributed by atoms with E-state index in [0.717, 1.165) is 5.56 Å². The minimum absolute atomic E-state index is 0.0806. The summed E-state index contributed by atoms with van der Waals surface area (Å²) in [6.45, 7) is 2.80. The summed E-state index contributed by atoms with van der Waals surface area (Å²) >= 11 is 0. The van der Waals surface area contributed by atoms with Gasteiger partial charge in [-0.25, -0.2) is 4.79 Å². The number of esters is 1. The fraction of sp³-hybridized carbons (Fsp3) is 0.412. The van der Waals surface area contributed by atoms with Crippen LogP contribution in [0.15, 0.2) is 30.3 Å². The summed E-state index contributed by atoms with van der Waals surface area (Å²) in [6, 6.07) is 8.20. The second kappa shape index (κ2) is 11.5. The quantitative estimate of drug-likeness (QED) is 0.533. The zero-order chi connectivity index (χ0) is 19.4. The number of carbonyl (C=O) groups is 4. The minimum Gasteiger partial charge on any atom is -0.465 e. The van der Waals surface area contributed by atoms with Crippen molar-refractivity contribution in [1.82, 2.24) is 16.0 Å². The van der Waals surface area contributed by atoms with E-state index in [9.17, 15) is 19.2 Å². The largest absolute Gasteiger partial charge is 0.465 e. The van der Waals surface area contributed by atoms with Gasteiger partial charge < -0.3 is 25.4 Å². The van der Waals surface area contributed by atoms with Crippen LogP contribution in [0, 0.1) is 0 Å². The van der Waals surface area contributed by atoms with E-state index < -0.39 is 29.9 Å². The molecule has 142 valence electrons. The summed E-state index contributed by atoms with van der Waals surface area (Å²) in [5.41, 5.74) is 0.818. The number of hydrogen-bond donors (Lipinski definition) is 3. The van der Waals surface area contributed by atoms with Crippen molar-refractivity contribution in [3.05, 3.63) is 35.9 Å². The second-order valence-electron chi connectivity index (χ2n) is 5.23. The lowest BCUT2D eigenvalue weighted by Gasteiger charge is -2.14. The standard InChI is InChI=1S/C17H23N3O6/c1-3-25-15(22)10-18-14(21)9-19-16(23)12(2)20-17(24)26-11-13-7-5-4-6-8-13/h4-8,12H,3,9-11H2,1-2H3,(H,18,21)(H,19,23)(H,20,24). The lowest BCUT2D eigenvalue weighted by Crippen LogP contribution is -2.48. The number of carbonyl (C=O) groups excluding carboxylic acids is 4. The van der Waals surface area contributed by atoms with E-state index in [0.29, 0.717) is 0 Å². The van der Waals surface area contributed by atoms with Crippen molar-refractivity contribution in [1.29, 1.82) is 0 Å². The first kappa shape index (κ1) is 20.9. The molecule has 0 bridgehead atoms. The van der Waals surface area contributed by atoms with Crippen molar-refractivity contribution in [3.63, 3.8) is 0 Å². The Hall–Kier alpha value is -3.10. The van der Waals surface area contributed by atoms with Gasteiger partial charge in [0.15, 0.2) is 0 Å². The molecular formula is C17H23N3O6. The van der Waals surface area contributed by atoms with Gasteiger partial charge in [-0.3, -0.25) is 14.4 Å². The molecule has 9 heteroatoms. The Morgan fingerprint density at radius 3 is 2.35 bits per heavy atom. The third kappa shape index (κ3) is 8.67. The van der Waals surface area contributed by atoms with E-state index >= 15 is 0 Å². The van der Waals surface area contributed by atoms with Crippen LogP contribution in [0.2, 0.25) is 0 Å². The molecule has 1 unspecified atom stereocenters. The molecule has 9 nitrogen and oxygen atoms in total. The van der Waals surface area contributed by atoms with E-state index in [1.807, 2.05) is 18.2 Å². The number of amides is 3. The van der Waals surface area contributed by atoms with Crippen molar-refractivity contribution in [2.45, 2.75) is 26.5 Å². The van der Waals surface area contributed by atoms with Gasteiger partial charge in [0.25, 0.3) is 0 Å². The maximum atomic E-state index is 11.8. The third-order valence-electron chi connectivity index (χ3n) is 3.10. The molecule has 3 amide bonds. The van der Waals surface area contributed by atoms with Crippen LogP contribution < -0.4 is 16.0 Å². The number of rotatable bonds is 9. The molecule has 0 saturated heterocycles. The summed E-state index contributed by atoms with van der Waals surface area (Å²) in [5.74, 6) is -1.68. The summed E-state index contributed by atoms with van der Waals surface area (Å²) in [5, 5.41) is 7.01. The van der Waals surface area contributed by atoms with Crippen molar-refractivity contribution in [2.24, 2.45) is 0 Å². The third-order valence-corrected chi connectivity index (χ3v) is 3.10. The first-order valence-electron chi connectivity index (χ1n) is 8.09. The maximum Gasteiger partial charge on any atom is 0.408 e. The minimum atomic E-state index is -0.892. The molecule has 0 aliphatic carbocycles. The molecule has 0 spiro atoms. The highest BCUT2D eigenvalue weighted by Gasteiger charge is 2.17. The van der Waals surface area contributed by atoms with Gasteiger partial charge in [0.1, 0.15) is 19.2 Å². The highest BCUT2D eigenvalue weighted by Crippen LogP contribution is 2.00. The van der Waals surface area contributed by atoms with Crippen molar-refractivity contribution in [2.75, 3.05) is 19.7 Å². The summed E-state index contributed by atoms with van der Waals surface area (Å²) in [4.78, 5) is 46.1. The van der Waals surface area contributed by atoms with Crippen LogP contribution in [-0.2, 0) is 30.5 Å². The number of ether oxygens (including phenoxy) is 2. The molecule has 0 aromatic heterocycles. The van der Waals surface area contributed by atoms with E-state index in [2.05, 4.69) is 20.7 Å². The SMILES string of the molecule is CCOC(=O)CNC(=O)CNC(=O)C(C)NC(=O)OCc1ccccc1. The number of hydrogen-bond acceptors (Lipinski definition) is 6. The molecule has 3 N–H and O–H groups in total. The van der Waals surface area contributed by atoms with E-state index in [1.54, 1.807) is 19.1 Å². The lowest BCUT2D eigenvalue weighted by atomic mass is 10.2. The predicted octanol–water partition coefficient (Wildman–Crippen LogP) is 0.0968. The average molecular weight is 365 g/mol. The van der Waals surface area contributed by atoms with Gasteiger partial charge in [-0.2, -0.15) is 0 Å². The topological polar surface area (TPSA) is 123 Å².